The molecular weight excluding hydrogens is 448 g/mol. The summed E-state index contributed by atoms with van der Waals surface area (Å²) in [5.74, 6) is 0.520. The molecule has 34 heavy (non-hydrogen) atoms. The number of likely N-dealkylation sites (tertiary alicyclic amines) is 1. The second-order valence-corrected chi connectivity index (χ2v) is 7.83. The zero-order valence-electron chi connectivity index (χ0n) is 18.2. The molecule has 4 unspecified atom stereocenters. The Morgan fingerprint density at radius 2 is 2.06 bits per heavy atom. The van der Waals surface area contributed by atoms with Gasteiger partial charge in [0.1, 0.15) is 23.7 Å². The number of rotatable bonds is 10. The molecule has 14 heteroatoms. The Kier molecular flexibility index (Phi) is 8.65. The Balaban J connectivity index is 1.58. The lowest BCUT2D eigenvalue weighted by atomic mass is 9.94. The summed E-state index contributed by atoms with van der Waals surface area (Å²) in [4.78, 5) is 23.8. The number of piperidine rings is 1. The van der Waals surface area contributed by atoms with Crippen molar-refractivity contribution >= 4 is 17.1 Å². The Bertz CT molecular complexity index is 1050. The summed E-state index contributed by atoms with van der Waals surface area (Å²) in [6.45, 7) is 0.467. The first-order valence-electron chi connectivity index (χ1n) is 10.6. The number of nitro groups is 1. The zero-order chi connectivity index (χ0) is 24.7. The fourth-order valence-corrected chi connectivity index (χ4v) is 3.84. The Labute approximate surface area is 194 Å². The van der Waals surface area contributed by atoms with Crippen LogP contribution in [-0.2, 0) is 12.8 Å². The number of nitrogens with one attached hydrogen (secondary N) is 1. The first kappa shape index (κ1) is 25.2. The summed E-state index contributed by atoms with van der Waals surface area (Å²) in [6, 6.07) is 5.17. The van der Waals surface area contributed by atoms with Gasteiger partial charge in [0.2, 0.25) is 0 Å². The molecule has 1 aliphatic heterocycles. The number of aliphatic hydroxyl groups excluding tert-OH is 4. The number of hydrogen-bond donors (Lipinski definition) is 5. The van der Waals surface area contributed by atoms with Crippen molar-refractivity contribution in [2.24, 2.45) is 5.11 Å². The van der Waals surface area contributed by atoms with Crippen LogP contribution in [0.3, 0.4) is 0 Å². The molecule has 5 N–H and O–H groups in total. The minimum Gasteiger partial charge on any atom is -0.395 e. The quantitative estimate of drug-likeness (QED) is 0.104. The summed E-state index contributed by atoms with van der Waals surface area (Å²) in [5, 5.41) is 57.1. The van der Waals surface area contributed by atoms with Gasteiger partial charge in [0.15, 0.2) is 0 Å². The molecule has 1 aliphatic rings. The van der Waals surface area contributed by atoms with Gasteiger partial charge in [0.25, 0.3) is 5.69 Å². The van der Waals surface area contributed by atoms with Gasteiger partial charge in [-0.05, 0) is 17.7 Å². The number of β-amino-alcohol motifs (C(OH)–C–C–N with tert-alkyl or cyclic N) is 1. The van der Waals surface area contributed by atoms with Gasteiger partial charge in [-0.15, -0.1) is 0 Å². The lowest BCUT2D eigenvalue weighted by molar-refractivity contribution is -0.383. The van der Waals surface area contributed by atoms with Gasteiger partial charge < -0.3 is 25.7 Å². The summed E-state index contributed by atoms with van der Waals surface area (Å²) in [5.41, 5.74) is 9.41. The average Bonchev–Trinajstić information content (AvgIpc) is 2.82. The van der Waals surface area contributed by atoms with Crippen molar-refractivity contribution in [1.29, 1.82) is 0 Å². The fourth-order valence-electron chi connectivity index (χ4n) is 3.84. The van der Waals surface area contributed by atoms with E-state index in [2.05, 4.69) is 25.3 Å². The van der Waals surface area contributed by atoms with Crippen molar-refractivity contribution < 1.29 is 25.3 Å². The van der Waals surface area contributed by atoms with Crippen molar-refractivity contribution in [2.45, 2.75) is 37.2 Å². The number of aromatic nitrogens is 2. The van der Waals surface area contributed by atoms with E-state index in [4.69, 9.17) is 5.53 Å². The molecule has 182 valence electrons. The van der Waals surface area contributed by atoms with Crippen LogP contribution >= 0.6 is 0 Å². The zero-order valence-corrected chi connectivity index (χ0v) is 18.2. The van der Waals surface area contributed by atoms with Gasteiger partial charge in [0, 0.05) is 61.0 Å². The molecule has 2 aromatic rings. The average molecular weight is 474 g/mol. The highest BCUT2D eigenvalue weighted by atomic mass is 16.6. The largest absolute Gasteiger partial charge is 0.395 e. The molecule has 4 atom stereocenters. The topological polar surface area (TPSA) is 214 Å². The maximum absolute atomic E-state index is 11.3. The fraction of sp³-hybridized carbons (Fsp3) is 0.500. The molecule has 0 saturated carbocycles. The highest BCUT2D eigenvalue weighted by Gasteiger charge is 2.40. The van der Waals surface area contributed by atoms with Gasteiger partial charge in [-0.3, -0.25) is 15.0 Å². The van der Waals surface area contributed by atoms with Crippen LogP contribution in [-0.4, -0.2) is 90.8 Å². The van der Waals surface area contributed by atoms with E-state index in [-0.39, 0.29) is 30.2 Å². The molecule has 2 heterocycles. The van der Waals surface area contributed by atoms with Gasteiger partial charge in [-0.25, -0.2) is 9.97 Å². The van der Waals surface area contributed by atoms with E-state index in [0.717, 1.165) is 0 Å². The van der Waals surface area contributed by atoms with E-state index in [1.807, 2.05) is 0 Å². The molecule has 1 fully saturated rings. The highest BCUT2D eigenvalue weighted by Crippen LogP contribution is 2.29. The minimum absolute atomic E-state index is 0.114. The Morgan fingerprint density at radius 1 is 1.26 bits per heavy atom. The third-order valence-corrected chi connectivity index (χ3v) is 5.64. The van der Waals surface area contributed by atoms with E-state index >= 15 is 0 Å². The molecular formula is C20H26N8O6. The summed E-state index contributed by atoms with van der Waals surface area (Å²) in [7, 11) is 0. The molecule has 0 spiro atoms. The van der Waals surface area contributed by atoms with Crippen LogP contribution in [0.25, 0.3) is 10.4 Å². The highest BCUT2D eigenvalue weighted by molar-refractivity contribution is 5.66. The molecule has 0 bridgehead atoms. The number of hydrogen-bond acceptors (Lipinski definition) is 11. The SMILES string of the molecule is [N-]=[N+]=Nc1ccc(NCCc2nccc(CCN3CC(O)C(O)C(O)C3CO)n2)c([N+](=O)[O-])c1. The molecule has 3 rings (SSSR count). The molecule has 1 aromatic carbocycles. The molecule has 0 radical (unpaired) electrons. The van der Waals surface area contributed by atoms with Crippen molar-refractivity contribution in [2.75, 3.05) is 31.6 Å². The lowest BCUT2D eigenvalue weighted by Gasteiger charge is -2.43. The predicted molar refractivity (Wildman–Crippen MR) is 120 cm³/mol. The van der Waals surface area contributed by atoms with E-state index in [0.29, 0.717) is 37.4 Å². The third-order valence-electron chi connectivity index (χ3n) is 5.64. The number of nitro benzene ring substituents is 1. The second-order valence-electron chi connectivity index (χ2n) is 7.83. The molecule has 0 amide bonds. The molecule has 1 saturated heterocycles. The van der Waals surface area contributed by atoms with Crippen molar-refractivity contribution in [3.05, 3.63) is 62.5 Å². The lowest BCUT2D eigenvalue weighted by Crippen LogP contribution is -2.62. The van der Waals surface area contributed by atoms with E-state index < -0.39 is 29.3 Å². The van der Waals surface area contributed by atoms with E-state index in [1.54, 1.807) is 17.2 Å². The monoisotopic (exact) mass is 474 g/mol. The Morgan fingerprint density at radius 3 is 2.76 bits per heavy atom. The van der Waals surface area contributed by atoms with Crippen molar-refractivity contribution in [1.82, 2.24) is 14.9 Å². The summed E-state index contributed by atoms with van der Waals surface area (Å²) in [6.07, 6.45) is -1.24. The maximum atomic E-state index is 11.3. The molecule has 14 nitrogen and oxygen atoms in total. The van der Waals surface area contributed by atoms with Crippen molar-refractivity contribution in [3.63, 3.8) is 0 Å². The first-order valence-corrected chi connectivity index (χ1v) is 10.6. The standard InChI is InChI=1S/C20H26N8O6/c21-26-25-13-1-2-14(15(9-13)28(33)34)22-7-4-18-23-6-3-12(24-18)5-8-27-10-17(30)20(32)19(31)16(27)11-29/h1-3,6,9,16-17,19-20,22,29-32H,4-5,7-8,10-11H2. The van der Waals surface area contributed by atoms with Crippen LogP contribution in [0.1, 0.15) is 11.5 Å². The normalized spacial score (nSPS) is 22.7. The maximum Gasteiger partial charge on any atom is 0.292 e. The van der Waals surface area contributed by atoms with E-state index in [1.165, 1.54) is 18.2 Å². The third kappa shape index (κ3) is 6.14. The molecule has 1 aromatic heterocycles. The number of benzene rings is 1. The smallest absolute Gasteiger partial charge is 0.292 e. The summed E-state index contributed by atoms with van der Waals surface area (Å²) >= 11 is 0. The number of aliphatic hydroxyl groups is 4. The first-order chi connectivity index (χ1) is 16.3. The minimum atomic E-state index is -1.31. The predicted octanol–water partition coefficient (Wildman–Crippen LogP) is 0.283. The second kappa shape index (κ2) is 11.7. The van der Waals surface area contributed by atoms with Crippen LogP contribution in [0.4, 0.5) is 17.1 Å². The van der Waals surface area contributed by atoms with E-state index in [9.17, 15) is 30.5 Å². The Hall–Kier alpha value is -3.39. The molecule has 0 aliphatic carbocycles. The number of nitrogens with zero attached hydrogens (tertiary/aromatic N) is 7. The number of anilines is 1. The van der Waals surface area contributed by atoms with Crippen LogP contribution in [0.5, 0.6) is 0 Å². The van der Waals surface area contributed by atoms with Gasteiger partial charge in [-0.2, -0.15) is 0 Å². The van der Waals surface area contributed by atoms with Crippen LogP contribution in [0, 0.1) is 10.1 Å². The summed E-state index contributed by atoms with van der Waals surface area (Å²) < 4.78 is 0. The van der Waals surface area contributed by atoms with Crippen molar-refractivity contribution in [3.8, 4) is 0 Å². The van der Waals surface area contributed by atoms with Crippen LogP contribution in [0.2, 0.25) is 0 Å². The number of azide groups is 1. The van der Waals surface area contributed by atoms with Crippen LogP contribution in [0.15, 0.2) is 35.6 Å². The van der Waals surface area contributed by atoms with Gasteiger partial charge in [-0.1, -0.05) is 11.2 Å². The van der Waals surface area contributed by atoms with Gasteiger partial charge in [0.05, 0.1) is 23.7 Å². The van der Waals surface area contributed by atoms with Crippen LogP contribution < -0.4 is 5.32 Å². The van der Waals surface area contributed by atoms with Gasteiger partial charge >= 0.3 is 0 Å².